The third-order valence-corrected chi connectivity index (χ3v) is 2.91. The molecule has 2 N–H and O–H groups in total. The first kappa shape index (κ1) is 12.0. The number of aromatic nitrogens is 4. The van der Waals surface area contributed by atoms with E-state index in [0.717, 1.165) is 5.56 Å². The summed E-state index contributed by atoms with van der Waals surface area (Å²) in [7, 11) is 0. The van der Waals surface area contributed by atoms with Crippen molar-refractivity contribution >= 4 is 22.7 Å². The van der Waals surface area contributed by atoms with Crippen molar-refractivity contribution < 1.29 is 4.92 Å². The Kier molecular flexibility index (Phi) is 2.75. The SMILES string of the molecule is Nc1ncnc2ncn(Cc3cccc([N+](=O)[O-])c3)c12. The summed E-state index contributed by atoms with van der Waals surface area (Å²) in [6.45, 7) is 0.412. The highest BCUT2D eigenvalue weighted by Gasteiger charge is 2.10. The van der Waals surface area contributed by atoms with Gasteiger partial charge in [-0.15, -0.1) is 0 Å². The van der Waals surface area contributed by atoms with Crippen LogP contribution < -0.4 is 5.73 Å². The van der Waals surface area contributed by atoms with Gasteiger partial charge in [0, 0.05) is 18.7 Å². The summed E-state index contributed by atoms with van der Waals surface area (Å²) < 4.78 is 1.77. The van der Waals surface area contributed by atoms with Gasteiger partial charge in [0.05, 0.1) is 11.3 Å². The van der Waals surface area contributed by atoms with Crippen LogP contribution in [0.2, 0.25) is 0 Å². The van der Waals surface area contributed by atoms with Gasteiger partial charge < -0.3 is 10.3 Å². The molecule has 8 heteroatoms. The van der Waals surface area contributed by atoms with Crippen molar-refractivity contribution in [3.63, 3.8) is 0 Å². The van der Waals surface area contributed by atoms with Crippen LogP contribution in [0.1, 0.15) is 5.56 Å². The number of nitrogens with zero attached hydrogens (tertiary/aromatic N) is 5. The van der Waals surface area contributed by atoms with Gasteiger partial charge in [-0.3, -0.25) is 10.1 Å². The lowest BCUT2D eigenvalue weighted by Crippen LogP contribution is -2.02. The Bertz CT molecular complexity index is 797. The van der Waals surface area contributed by atoms with Crippen molar-refractivity contribution in [1.29, 1.82) is 0 Å². The highest BCUT2D eigenvalue weighted by molar-refractivity contribution is 5.81. The van der Waals surface area contributed by atoms with E-state index in [2.05, 4.69) is 15.0 Å². The first-order valence-electron chi connectivity index (χ1n) is 5.80. The van der Waals surface area contributed by atoms with E-state index in [1.165, 1.54) is 18.5 Å². The van der Waals surface area contributed by atoms with Crippen LogP contribution in [0, 0.1) is 10.1 Å². The molecule has 100 valence electrons. The topological polar surface area (TPSA) is 113 Å². The van der Waals surface area contributed by atoms with Crippen LogP contribution in [-0.4, -0.2) is 24.4 Å². The van der Waals surface area contributed by atoms with Crippen LogP contribution in [-0.2, 0) is 6.54 Å². The Balaban J connectivity index is 2.01. The quantitative estimate of drug-likeness (QED) is 0.568. The third kappa shape index (κ3) is 2.03. The number of nitrogen functional groups attached to an aromatic ring is 1. The number of imidazole rings is 1. The summed E-state index contributed by atoms with van der Waals surface area (Å²) in [5, 5.41) is 10.8. The van der Waals surface area contributed by atoms with E-state index in [4.69, 9.17) is 5.73 Å². The molecule has 2 heterocycles. The zero-order valence-electron chi connectivity index (χ0n) is 10.3. The maximum atomic E-state index is 10.8. The molecule has 0 spiro atoms. The zero-order chi connectivity index (χ0) is 14.1. The number of non-ortho nitro benzene ring substituents is 1. The van der Waals surface area contributed by atoms with Gasteiger partial charge in [-0.25, -0.2) is 15.0 Å². The summed E-state index contributed by atoms with van der Waals surface area (Å²) in [6, 6.07) is 6.42. The molecule has 0 atom stereocenters. The molecular weight excluding hydrogens is 260 g/mol. The minimum Gasteiger partial charge on any atom is -0.382 e. The Morgan fingerprint density at radius 2 is 2.15 bits per heavy atom. The lowest BCUT2D eigenvalue weighted by atomic mass is 10.2. The molecule has 20 heavy (non-hydrogen) atoms. The number of nitro groups is 1. The molecular formula is C12H10N6O2. The summed E-state index contributed by atoms with van der Waals surface area (Å²) in [4.78, 5) is 22.4. The number of fused-ring (bicyclic) bond motifs is 1. The molecule has 0 aliphatic rings. The predicted molar refractivity (Wildman–Crippen MR) is 71.9 cm³/mol. The van der Waals surface area contributed by atoms with Gasteiger partial charge in [-0.1, -0.05) is 12.1 Å². The lowest BCUT2D eigenvalue weighted by Gasteiger charge is -2.05. The van der Waals surface area contributed by atoms with Gasteiger partial charge in [0.25, 0.3) is 5.69 Å². The second-order valence-electron chi connectivity index (χ2n) is 4.23. The van der Waals surface area contributed by atoms with Crippen molar-refractivity contribution in [3.05, 3.63) is 52.6 Å². The Morgan fingerprint density at radius 3 is 2.95 bits per heavy atom. The molecule has 3 aromatic rings. The fourth-order valence-corrected chi connectivity index (χ4v) is 2.02. The van der Waals surface area contributed by atoms with E-state index in [0.29, 0.717) is 23.5 Å². The maximum Gasteiger partial charge on any atom is 0.269 e. The summed E-state index contributed by atoms with van der Waals surface area (Å²) in [5.74, 6) is 0.331. The number of anilines is 1. The van der Waals surface area contributed by atoms with Gasteiger partial charge in [0.1, 0.15) is 11.8 Å². The Hall–Kier alpha value is -3.03. The molecule has 3 rings (SSSR count). The molecule has 0 amide bonds. The monoisotopic (exact) mass is 270 g/mol. The number of nitrogens with two attached hydrogens (primary N) is 1. The van der Waals surface area contributed by atoms with Crippen molar-refractivity contribution in [2.75, 3.05) is 5.73 Å². The van der Waals surface area contributed by atoms with E-state index in [-0.39, 0.29) is 5.69 Å². The van der Waals surface area contributed by atoms with Gasteiger partial charge in [-0.2, -0.15) is 0 Å². The van der Waals surface area contributed by atoms with Crippen molar-refractivity contribution in [2.24, 2.45) is 0 Å². The van der Waals surface area contributed by atoms with Gasteiger partial charge >= 0.3 is 0 Å². The minimum absolute atomic E-state index is 0.0520. The molecule has 0 aliphatic heterocycles. The number of benzene rings is 1. The fourth-order valence-electron chi connectivity index (χ4n) is 2.02. The highest BCUT2D eigenvalue weighted by Crippen LogP contribution is 2.19. The third-order valence-electron chi connectivity index (χ3n) is 2.91. The highest BCUT2D eigenvalue weighted by atomic mass is 16.6. The summed E-state index contributed by atoms with van der Waals surface area (Å²) in [6.07, 6.45) is 2.94. The fraction of sp³-hybridized carbons (Fsp3) is 0.0833. The van der Waals surface area contributed by atoms with Crippen LogP contribution in [0.15, 0.2) is 36.9 Å². The second kappa shape index (κ2) is 4.57. The molecule has 0 saturated heterocycles. The van der Waals surface area contributed by atoms with Crippen LogP contribution in [0.3, 0.4) is 0 Å². The van der Waals surface area contributed by atoms with E-state index >= 15 is 0 Å². The number of nitro benzene ring substituents is 1. The first-order chi connectivity index (χ1) is 9.65. The largest absolute Gasteiger partial charge is 0.382 e. The van der Waals surface area contributed by atoms with Gasteiger partial charge in [0.2, 0.25) is 0 Å². The molecule has 2 aromatic heterocycles. The van der Waals surface area contributed by atoms with Crippen molar-refractivity contribution in [2.45, 2.75) is 6.54 Å². The van der Waals surface area contributed by atoms with Crippen LogP contribution in [0.25, 0.3) is 11.2 Å². The normalized spacial score (nSPS) is 10.8. The van der Waals surface area contributed by atoms with Crippen molar-refractivity contribution in [1.82, 2.24) is 19.5 Å². The van der Waals surface area contributed by atoms with Crippen LogP contribution in [0.5, 0.6) is 0 Å². The van der Waals surface area contributed by atoms with Crippen LogP contribution >= 0.6 is 0 Å². The predicted octanol–water partition coefficient (Wildman–Crippen LogP) is 1.36. The zero-order valence-corrected chi connectivity index (χ0v) is 10.3. The average molecular weight is 270 g/mol. The van der Waals surface area contributed by atoms with Crippen LogP contribution in [0.4, 0.5) is 11.5 Å². The van der Waals surface area contributed by atoms with E-state index in [1.54, 1.807) is 23.0 Å². The molecule has 0 unspecified atom stereocenters. The average Bonchev–Trinajstić information content (AvgIpc) is 2.84. The standard InChI is InChI=1S/C12H10N6O2/c13-11-10-12(15-6-14-11)16-7-17(10)5-8-2-1-3-9(4-8)18(19)20/h1-4,6-7H,5H2,(H2,13,14,15). The second-order valence-corrected chi connectivity index (χ2v) is 4.23. The number of hydrogen-bond donors (Lipinski definition) is 1. The molecule has 0 radical (unpaired) electrons. The number of hydrogen-bond acceptors (Lipinski definition) is 6. The Morgan fingerprint density at radius 1 is 1.30 bits per heavy atom. The smallest absolute Gasteiger partial charge is 0.269 e. The lowest BCUT2D eigenvalue weighted by molar-refractivity contribution is -0.384. The molecule has 0 saturated carbocycles. The van der Waals surface area contributed by atoms with Gasteiger partial charge in [0.15, 0.2) is 11.5 Å². The van der Waals surface area contributed by atoms with Gasteiger partial charge in [-0.05, 0) is 5.56 Å². The molecule has 1 aromatic carbocycles. The molecule has 8 nitrogen and oxygen atoms in total. The molecule has 0 aliphatic carbocycles. The first-order valence-corrected chi connectivity index (χ1v) is 5.80. The summed E-state index contributed by atoms with van der Waals surface area (Å²) in [5.41, 5.74) is 7.77. The Labute approximate surface area is 113 Å². The van der Waals surface area contributed by atoms with E-state index in [1.807, 2.05) is 0 Å². The number of rotatable bonds is 3. The maximum absolute atomic E-state index is 10.8. The molecule has 0 fully saturated rings. The van der Waals surface area contributed by atoms with E-state index in [9.17, 15) is 10.1 Å². The molecule has 0 bridgehead atoms. The minimum atomic E-state index is -0.424. The van der Waals surface area contributed by atoms with E-state index < -0.39 is 4.92 Å². The van der Waals surface area contributed by atoms with Crippen molar-refractivity contribution in [3.8, 4) is 0 Å². The summed E-state index contributed by atoms with van der Waals surface area (Å²) >= 11 is 0.